The summed E-state index contributed by atoms with van der Waals surface area (Å²) in [6, 6.07) is 3.56. The normalized spacial score (nSPS) is 21.2. The molecule has 2 aliphatic rings. The average molecular weight is 534 g/mol. The van der Waals surface area contributed by atoms with Gasteiger partial charge in [-0.05, 0) is 37.5 Å². The van der Waals surface area contributed by atoms with Gasteiger partial charge in [-0.3, -0.25) is 14.4 Å². The highest BCUT2D eigenvalue weighted by molar-refractivity contribution is 7.89. The number of benzene rings is 1. The summed E-state index contributed by atoms with van der Waals surface area (Å²) >= 11 is 6.03. The first-order chi connectivity index (χ1) is 16.4. The first-order valence-electron chi connectivity index (χ1n) is 11.4. The van der Waals surface area contributed by atoms with Crippen LogP contribution in [0.3, 0.4) is 0 Å². The second-order valence-corrected chi connectivity index (χ2v) is 11.5. The van der Waals surface area contributed by atoms with E-state index < -0.39 is 27.3 Å². The second kappa shape index (κ2) is 9.79. The van der Waals surface area contributed by atoms with Gasteiger partial charge in [0.15, 0.2) is 5.78 Å². The number of carbonyl (C=O) groups excluding carboxylic acids is 1. The number of rotatable bonds is 7. The van der Waals surface area contributed by atoms with Crippen molar-refractivity contribution in [2.75, 3.05) is 26.2 Å². The van der Waals surface area contributed by atoms with Gasteiger partial charge in [0.25, 0.3) is 10.0 Å². The van der Waals surface area contributed by atoms with Crippen LogP contribution in [0.2, 0.25) is 5.02 Å². The molecular formula is C22H27ClF3N5O3S. The molecule has 1 saturated heterocycles. The molecule has 8 nitrogen and oxygen atoms in total. The van der Waals surface area contributed by atoms with Crippen molar-refractivity contribution in [3.05, 3.63) is 40.8 Å². The molecule has 2 aromatic rings. The molecule has 1 aliphatic heterocycles. The zero-order chi connectivity index (χ0) is 25.4. The van der Waals surface area contributed by atoms with Crippen LogP contribution in [-0.2, 0) is 17.1 Å². The van der Waals surface area contributed by atoms with Crippen molar-refractivity contribution in [2.24, 2.45) is 7.05 Å². The molecule has 13 heteroatoms. The van der Waals surface area contributed by atoms with Crippen LogP contribution in [0.5, 0.6) is 0 Å². The fourth-order valence-corrected chi connectivity index (χ4v) is 6.59. The van der Waals surface area contributed by atoms with Gasteiger partial charge in [-0.15, -0.1) is 5.10 Å². The number of Topliss-reactive ketones (excluding diaryl/α,β-unsaturated/α-hetero) is 1. The maximum Gasteiger partial charge on any atom is 0.264 e. The van der Waals surface area contributed by atoms with E-state index in [1.807, 2.05) is 4.90 Å². The fourth-order valence-electron chi connectivity index (χ4n) is 4.98. The summed E-state index contributed by atoms with van der Waals surface area (Å²) in [6.45, 7) is 1.04. The van der Waals surface area contributed by atoms with Crippen LogP contribution < -0.4 is 0 Å². The van der Waals surface area contributed by atoms with Gasteiger partial charge in [0.05, 0.1) is 11.2 Å². The first kappa shape index (κ1) is 26.1. The summed E-state index contributed by atoms with van der Waals surface area (Å²) in [6.07, 6.45) is 1.52. The molecule has 0 amide bonds. The van der Waals surface area contributed by atoms with E-state index >= 15 is 0 Å². The minimum atomic E-state index is -3.81. The maximum absolute atomic E-state index is 14.0. The predicted molar refractivity (Wildman–Crippen MR) is 122 cm³/mol. The largest absolute Gasteiger partial charge is 0.295 e. The molecule has 2 heterocycles. The molecule has 1 saturated carbocycles. The number of carbonyl (C=O) groups is 1. The minimum absolute atomic E-state index is 0.0158. The standard InChI is InChI=1S/C22H27ClF3N5O3S/c1-29-15-20(27-28-29)35(33,34)31-12-10-30(11-13-31)21(6-8-22(25,26)9-7-21)5-4-19(32)17-3-2-16(24)14-18(17)23/h2-3,14-15H,4-13H2,1H3. The molecule has 0 unspecified atom stereocenters. The third-order valence-corrected chi connectivity index (χ3v) is 9.13. The Morgan fingerprint density at radius 1 is 1.11 bits per heavy atom. The molecule has 192 valence electrons. The van der Waals surface area contributed by atoms with Crippen LogP contribution in [0, 0.1) is 5.82 Å². The van der Waals surface area contributed by atoms with E-state index in [1.54, 1.807) is 7.05 Å². The second-order valence-electron chi connectivity index (χ2n) is 9.25. The Balaban J connectivity index is 1.47. The van der Waals surface area contributed by atoms with Crippen LogP contribution in [0.1, 0.15) is 48.9 Å². The van der Waals surface area contributed by atoms with Gasteiger partial charge in [-0.1, -0.05) is 16.8 Å². The molecule has 0 radical (unpaired) electrons. The van der Waals surface area contributed by atoms with Gasteiger partial charge in [0, 0.05) is 63.6 Å². The van der Waals surface area contributed by atoms with Crippen LogP contribution in [0.25, 0.3) is 0 Å². The average Bonchev–Trinajstić information content (AvgIpc) is 3.26. The monoisotopic (exact) mass is 533 g/mol. The van der Waals surface area contributed by atoms with Crippen molar-refractivity contribution in [1.82, 2.24) is 24.2 Å². The summed E-state index contributed by atoms with van der Waals surface area (Å²) in [5, 5.41) is 7.27. The first-order valence-corrected chi connectivity index (χ1v) is 13.2. The Bertz CT molecular complexity index is 1190. The molecule has 2 fully saturated rings. The van der Waals surface area contributed by atoms with Crippen molar-refractivity contribution in [1.29, 1.82) is 0 Å². The number of aryl methyl sites for hydroxylation is 1. The van der Waals surface area contributed by atoms with Gasteiger partial charge >= 0.3 is 0 Å². The van der Waals surface area contributed by atoms with Crippen LogP contribution >= 0.6 is 11.6 Å². The number of piperazine rings is 1. The van der Waals surface area contributed by atoms with Gasteiger partial charge in [0.2, 0.25) is 10.9 Å². The summed E-state index contributed by atoms with van der Waals surface area (Å²) in [5.41, 5.74) is -0.462. The molecule has 1 aromatic heterocycles. The molecule has 35 heavy (non-hydrogen) atoms. The predicted octanol–water partition coefficient (Wildman–Crippen LogP) is 3.53. The number of halogens is 4. The molecule has 0 N–H and O–H groups in total. The summed E-state index contributed by atoms with van der Waals surface area (Å²) in [7, 11) is -2.23. The lowest BCUT2D eigenvalue weighted by Crippen LogP contribution is -2.59. The highest BCUT2D eigenvalue weighted by Crippen LogP contribution is 2.44. The third-order valence-electron chi connectivity index (χ3n) is 7.06. The highest BCUT2D eigenvalue weighted by Gasteiger charge is 2.47. The van der Waals surface area contributed by atoms with E-state index in [0.29, 0.717) is 19.5 Å². The quantitative estimate of drug-likeness (QED) is 0.506. The zero-order valence-corrected chi connectivity index (χ0v) is 20.8. The lowest BCUT2D eigenvalue weighted by molar-refractivity contribution is -0.0891. The number of ketones is 1. The van der Waals surface area contributed by atoms with Crippen LogP contribution in [-0.4, -0.2) is 76.0 Å². The van der Waals surface area contributed by atoms with Crippen molar-refractivity contribution in [3.8, 4) is 0 Å². The van der Waals surface area contributed by atoms with E-state index in [1.165, 1.54) is 21.3 Å². The summed E-state index contributed by atoms with van der Waals surface area (Å²) < 4.78 is 69.8. The summed E-state index contributed by atoms with van der Waals surface area (Å²) in [4.78, 5) is 14.9. The van der Waals surface area contributed by atoms with Gasteiger partial charge in [-0.2, -0.15) is 4.31 Å². The smallest absolute Gasteiger partial charge is 0.264 e. The number of alkyl halides is 2. The number of aromatic nitrogens is 3. The fraction of sp³-hybridized carbons (Fsp3) is 0.591. The SMILES string of the molecule is Cn1cc(S(=O)(=O)N2CCN(C3(CCC(=O)c4ccc(F)cc4Cl)CCC(F)(F)CC3)CC2)nn1. The van der Waals surface area contributed by atoms with Gasteiger partial charge < -0.3 is 0 Å². The van der Waals surface area contributed by atoms with Crippen molar-refractivity contribution in [2.45, 2.75) is 55.0 Å². The maximum atomic E-state index is 14.0. The molecule has 1 aliphatic carbocycles. The molecule has 0 atom stereocenters. The van der Waals surface area contributed by atoms with E-state index in [2.05, 4.69) is 10.3 Å². The Morgan fingerprint density at radius 3 is 2.34 bits per heavy atom. The molecular weight excluding hydrogens is 507 g/mol. The highest BCUT2D eigenvalue weighted by atomic mass is 35.5. The molecule has 1 aromatic carbocycles. The van der Waals surface area contributed by atoms with E-state index in [9.17, 15) is 26.4 Å². The number of hydrogen-bond acceptors (Lipinski definition) is 6. The van der Waals surface area contributed by atoms with Gasteiger partial charge in [0.1, 0.15) is 5.82 Å². The van der Waals surface area contributed by atoms with Crippen molar-refractivity contribution in [3.63, 3.8) is 0 Å². The Hall–Kier alpha value is -2.02. The Labute approximate surface area is 207 Å². The molecule has 0 spiro atoms. The van der Waals surface area contributed by atoms with E-state index in [0.717, 1.165) is 12.1 Å². The number of sulfonamides is 1. The summed E-state index contributed by atoms with van der Waals surface area (Å²) in [5.74, 6) is -3.59. The number of hydrogen-bond donors (Lipinski definition) is 0. The number of nitrogens with zero attached hydrogens (tertiary/aromatic N) is 5. The lowest BCUT2D eigenvalue weighted by Gasteiger charge is -2.50. The minimum Gasteiger partial charge on any atom is -0.295 e. The zero-order valence-electron chi connectivity index (χ0n) is 19.3. The lowest BCUT2D eigenvalue weighted by atomic mass is 9.74. The topological polar surface area (TPSA) is 88.4 Å². The van der Waals surface area contributed by atoms with Crippen molar-refractivity contribution >= 4 is 27.4 Å². The third kappa shape index (κ3) is 5.55. The van der Waals surface area contributed by atoms with Crippen molar-refractivity contribution < 1.29 is 26.4 Å². The molecule has 0 bridgehead atoms. The Morgan fingerprint density at radius 2 is 1.77 bits per heavy atom. The van der Waals surface area contributed by atoms with E-state index in [4.69, 9.17) is 11.6 Å². The van der Waals surface area contributed by atoms with E-state index in [-0.39, 0.29) is 66.6 Å². The van der Waals surface area contributed by atoms with Crippen LogP contribution in [0.4, 0.5) is 13.2 Å². The van der Waals surface area contributed by atoms with Crippen LogP contribution in [0.15, 0.2) is 29.4 Å². The van der Waals surface area contributed by atoms with Gasteiger partial charge in [-0.25, -0.2) is 21.6 Å². The molecule has 4 rings (SSSR count). The Kier molecular flexibility index (Phi) is 7.29.